The first-order valence-electron chi connectivity index (χ1n) is 12.8. The first kappa shape index (κ1) is 25.1. The molecule has 1 aromatic heterocycles. The van der Waals surface area contributed by atoms with Gasteiger partial charge in [-0.2, -0.15) is 0 Å². The SMILES string of the molecule is CN=Cc1c(-c2cc(F)c(CN3Cc4ncccc4C3=O)c(C3CCCC3)c2)ccc(C(C)(C)O)c1N. The molecule has 0 unspecified atom stereocenters. The number of fused-ring (bicyclic) bond motifs is 1. The number of halogens is 1. The summed E-state index contributed by atoms with van der Waals surface area (Å²) < 4.78 is 16.0. The van der Waals surface area contributed by atoms with E-state index in [2.05, 4.69) is 16.0 Å². The number of carbonyl (C=O) groups excluding carboxylic acids is 1. The lowest BCUT2D eigenvalue weighted by molar-refractivity contribution is 0.0763. The van der Waals surface area contributed by atoms with Gasteiger partial charge in [-0.25, -0.2) is 4.39 Å². The van der Waals surface area contributed by atoms with Crippen molar-refractivity contribution in [2.24, 2.45) is 4.99 Å². The molecule has 6 nitrogen and oxygen atoms in total. The van der Waals surface area contributed by atoms with Crippen LogP contribution in [-0.4, -0.2) is 34.2 Å². The van der Waals surface area contributed by atoms with Crippen LogP contribution in [0.4, 0.5) is 10.1 Å². The van der Waals surface area contributed by atoms with Crippen LogP contribution in [0.25, 0.3) is 11.1 Å². The summed E-state index contributed by atoms with van der Waals surface area (Å²) in [5.74, 6) is -0.208. The molecule has 0 radical (unpaired) electrons. The molecule has 1 amide bonds. The Kier molecular flexibility index (Phi) is 6.58. The van der Waals surface area contributed by atoms with Gasteiger partial charge in [-0.1, -0.05) is 31.0 Å². The van der Waals surface area contributed by atoms with Crippen molar-refractivity contribution in [1.29, 1.82) is 0 Å². The van der Waals surface area contributed by atoms with E-state index in [-0.39, 0.29) is 24.2 Å². The molecule has 3 aromatic rings. The van der Waals surface area contributed by atoms with E-state index in [0.29, 0.717) is 40.0 Å². The van der Waals surface area contributed by atoms with Gasteiger partial charge in [0.25, 0.3) is 5.91 Å². The zero-order valence-electron chi connectivity index (χ0n) is 21.6. The second kappa shape index (κ2) is 9.71. The third kappa shape index (κ3) is 4.64. The number of aliphatic imine (C=N–C) groups is 1. The molecule has 2 aromatic carbocycles. The number of aromatic nitrogens is 1. The molecule has 0 atom stereocenters. The van der Waals surface area contributed by atoms with Crippen LogP contribution in [-0.2, 0) is 18.7 Å². The molecule has 1 saturated carbocycles. The maximum absolute atomic E-state index is 16.0. The van der Waals surface area contributed by atoms with Crippen LogP contribution in [0.5, 0.6) is 0 Å². The molecular formula is C30H33FN4O2. The zero-order valence-corrected chi connectivity index (χ0v) is 21.6. The van der Waals surface area contributed by atoms with Crippen LogP contribution >= 0.6 is 0 Å². The summed E-state index contributed by atoms with van der Waals surface area (Å²) >= 11 is 0. The fraction of sp³-hybridized carbons (Fsp3) is 0.367. The summed E-state index contributed by atoms with van der Waals surface area (Å²) in [6, 6.07) is 10.8. The average molecular weight is 501 g/mol. The quantitative estimate of drug-likeness (QED) is 0.342. The number of hydrogen-bond donors (Lipinski definition) is 2. The van der Waals surface area contributed by atoms with Crippen LogP contribution in [0.15, 0.2) is 47.6 Å². The second-order valence-electron chi connectivity index (χ2n) is 10.6. The molecule has 3 N–H and O–H groups in total. The number of pyridine rings is 1. The van der Waals surface area contributed by atoms with Crippen LogP contribution < -0.4 is 5.73 Å². The number of amides is 1. The summed E-state index contributed by atoms with van der Waals surface area (Å²) in [7, 11) is 1.66. The van der Waals surface area contributed by atoms with Gasteiger partial charge in [-0.3, -0.25) is 14.8 Å². The predicted molar refractivity (Wildman–Crippen MR) is 144 cm³/mol. The fourth-order valence-electron chi connectivity index (χ4n) is 5.77. The van der Waals surface area contributed by atoms with Crippen molar-refractivity contribution in [2.75, 3.05) is 12.8 Å². The average Bonchev–Trinajstić information content (AvgIpc) is 3.50. The van der Waals surface area contributed by atoms with Crippen molar-refractivity contribution in [1.82, 2.24) is 9.88 Å². The molecule has 5 rings (SSSR count). The Balaban J connectivity index is 1.60. The van der Waals surface area contributed by atoms with Gasteiger partial charge in [0.1, 0.15) is 5.82 Å². The Bertz CT molecular complexity index is 1390. The smallest absolute Gasteiger partial charge is 0.256 e. The molecule has 2 aliphatic rings. The maximum Gasteiger partial charge on any atom is 0.256 e. The lowest BCUT2D eigenvalue weighted by Gasteiger charge is -2.24. The van der Waals surface area contributed by atoms with E-state index in [1.165, 1.54) is 6.07 Å². The Morgan fingerprint density at radius 2 is 1.97 bits per heavy atom. The van der Waals surface area contributed by atoms with Gasteiger partial charge in [-0.05, 0) is 67.5 Å². The lowest BCUT2D eigenvalue weighted by Crippen LogP contribution is -2.25. The van der Waals surface area contributed by atoms with Crippen molar-refractivity contribution >= 4 is 17.8 Å². The van der Waals surface area contributed by atoms with Gasteiger partial charge in [-0.15, -0.1) is 0 Å². The number of nitrogen functional groups attached to an aromatic ring is 1. The van der Waals surface area contributed by atoms with E-state index in [1.807, 2.05) is 6.07 Å². The Morgan fingerprint density at radius 3 is 2.65 bits per heavy atom. The van der Waals surface area contributed by atoms with E-state index in [0.717, 1.165) is 42.5 Å². The summed E-state index contributed by atoms with van der Waals surface area (Å²) in [5, 5.41) is 10.6. The van der Waals surface area contributed by atoms with Crippen molar-refractivity contribution < 1.29 is 14.3 Å². The summed E-state index contributed by atoms with van der Waals surface area (Å²) in [5.41, 5.74) is 11.4. The van der Waals surface area contributed by atoms with Gasteiger partial charge in [0.05, 0.1) is 23.4 Å². The Labute approximate surface area is 217 Å². The maximum atomic E-state index is 16.0. The first-order valence-corrected chi connectivity index (χ1v) is 12.8. The summed E-state index contributed by atoms with van der Waals surface area (Å²) in [4.78, 5) is 23.2. The van der Waals surface area contributed by atoms with Gasteiger partial charge >= 0.3 is 0 Å². The van der Waals surface area contributed by atoms with Crippen molar-refractivity contribution in [3.05, 3.63) is 81.9 Å². The van der Waals surface area contributed by atoms with Crippen LogP contribution in [0.2, 0.25) is 0 Å². The van der Waals surface area contributed by atoms with E-state index in [4.69, 9.17) is 5.73 Å². The summed E-state index contributed by atoms with van der Waals surface area (Å²) in [6.45, 7) is 3.96. The van der Waals surface area contributed by atoms with Gasteiger partial charge < -0.3 is 15.7 Å². The van der Waals surface area contributed by atoms with E-state index < -0.39 is 5.60 Å². The van der Waals surface area contributed by atoms with Gasteiger partial charge in [0, 0.05) is 48.4 Å². The standard InChI is InChI=1S/C30H33FN4O2/c1-30(2,37)25-11-10-20(23(15-33-3)28(25)32)19-13-22(18-7-4-5-8-18)24(26(31)14-19)16-35-17-27-21(29(35)36)9-6-12-34-27/h6,9-15,18,37H,4-5,7-8,16-17,32H2,1-3H3. The number of rotatable bonds is 6. The third-order valence-electron chi connectivity index (χ3n) is 7.64. The highest BCUT2D eigenvalue weighted by molar-refractivity contribution is 5.98. The fourth-order valence-corrected chi connectivity index (χ4v) is 5.77. The molecule has 0 saturated heterocycles. The molecule has 2 heterocycles. The zero-order chi connectivity index (χ0) is 26.3. The number of benzene rings is 2. The lowest BCUT2D eigenvalue weighted by atomic mass is 9.86. The summed E-state index contributed by atoms with van der Waals surface area (Å²) in [6.07, 6.45) is 7.54. The number of nitrogens with two attached hydrogens (primary N) is 1. The number of hydrogen-bond acceptors (Lipinski definition) is 5. The highest BCUT2D eigenvalue weighted by Gasteiger charge is 2.31. The normalized spacial score (nSPS) is 16.2. The van der Waals surface area contributed by atoms with Gasteiger partial charge in [0.2, 0.25) is 0 Å². The van der Waals surface area contributed by atoms with Crippen molar-refractivity contribution in [2.45, 2.75) is 64.1 Å². The second-order valence-corrected chi connectivity index (χ2v) is 10.6. The van der Waals surface area contributed by atoms with Crippen LogP contribution in [0.1, 0.15) is 83.8 Å². The minimum absolute atomic E-state index is 0.111. The third-order valence-corrected chi connectivity index (χ3v) is 7.64. The van der Waals surface area contributed by atoms with Crippen LogP contribution in [0.3, 0.4) is 0 Å². The molecule has 1 fully saturated rings. The molecule has 192 valence electrons. The van der Waals surface area contributed by atoms with Crippen LogP contribution in [0, 0.1) is 5.82 Å². The molecular weight excluding hydrogens is 467 g/mol. The minimum Gasteiger partial charge on any atom is -0.398 e. The van der Waals surface area contributed by atoms with E-state index in [1.54, 1.807) is 56.4 Å². The predicted octanol–water partition coefficient (Wildman–Crippen LogP) is 5.56. The molecule has 1 aliphatic carbocycles. The number of carbonyl (C=O) groups is 1. The monoisotopic (exact) mass is 500 g/mol. The highest BCUT2D eigenvalue weighted by Crippen LogP contribution is 2.41. The number of anilines is 1. The molecule has 0 spiro atoms. The topological polar surface area (TPSA) is 91.8 Å². The van der Waals surface area contributed by atoms with E-state index >= 15 is 4.39 Å². The Morgan fingerprint density at radius 1 is 1.22 bits per heavy atom. The Hall–Kier alpha value is -3.58. The molecule has 1 aliphatic heterocycles. The minimum atomic E-state index is -1.13. The largest absolute Gasteiger partial charge is 0.398 e. The highest BCUT2D eigenvalue weighted by atomic mass is 19.1. The van der Waals surface area contributed by atoms with E-state index in [9.17, 15) is 9.90 Å². The first-order chi connectivity index (χ1) is 17.7. The molecule has 0 bridgehead atoms. The number of nitrogens with zero attached hydrogens (tertiary/aromatic N) is 3. The molecule has 37 heavy (non-hydrogen) atoms. The van der Waals surface area contributed by atoms with Crippen molar-refractivity contribution in [3.8, 4) is 11.1 Å². The van der Waals surface area contributed by atoms with Gasteiger partial charge in [0.15, 0.2) is 0 Å². The van der Waals surface area contributed by atoms with Crippen molar-refractivity contribution in [3.63, 3.8) is 0 Å². The number of aliphatic hydroxyl groups is 1. The molecule has 7 heteroatoms.